The van der Waals surface area contributed by atoms with Crippen LogP contribution < -0.4 is 10.6 Å². The Morgan fingerprint density at radius 2 is 2.37 bits per heavy atom. The molecule has 2 heterocycles. The molecule has 6 heteroatoms. The van der Waals surface area contributed by atoms with Crippen LogP contribution in [-0.4, -0.2) is 30.7 Å². The molecule has 1 aliphatic heterocycles. The van der Waals surface area contributed by atoms with Gasteiger partial charge in [0.05, 0.1) is 0 Å². The molecule has 1 saturated carbocycles. The van der Waals surface area contributed by atoms with Crippen LogP contribution in [0.25, 0.3) is 0 Å². The second-order valence-corrected chi connectivity index (χ2v) is 4.89. The first-order chi connectivity index (χ1) is 8.83. The summed E-state index contributed by atoms with van der Waals surface area (Å²) in [6.07, 6.45) is 5.42. The van der Waals surface area contributed by atoms with Gasteiger partial charge < -0.3 is 15.2 Å². The molecule has 0 saturated heterocycles. The van der Waals surface area contributed by atoms with Crippen LogP contribution in [0.3, 0.4) is 0 Å². The predicted molar refractivity (Wildman–Crippen MR) is 73.6 cm³/mol. The minimum Gasteiger partial charge on any atom is -0.360 e. The van der Waals surface area contributed by atoms with Crippen molar-refractivity contribution in [2.24, 2.45) is 0 Å². The van der Waals surface area contributed by atoms with Crippen molar-refractivity contribution >= 4 is 18.3 Å². The van der Waals surface area contributed by atoms with Gasteiger partial charge in [-0.3, -0.25) is 4.79 Å². The minimum atomic E-state index is -0.148. The second kappa shape index (κ2) is 6.21. The Morgan fingerprint density at radius 1 is 1.53 bits per heavy atom. The smallest absolute Gasteiger partial charge is 0.273 e. The summed E-state index contributed by atoms with van der Waals surface area (Å²) in [5.74, 6) is 1.19. The summed E-state index contributed by atoms with van der Waals surface area (Å²) in [6, 6.07) is 1.77. The highest BCUT2D eigenvalue weighted by atomic mass is 35.5. The lowest BCUT2D eigenvalue weighted by atomic mass is 10.1. The predicted octanol–water partition coefficient (Wildman–Crippen LogP) is 1.62. The van der Waals surface area contributed by atoms with Crippen LogP contribution in [0.15, 0.2) is 22.2 Å². The van der Waals surface area contributed by atoms with Crippen molar-refractivity contribution in [2.75, 3.05) is 19.6 Å². The monoisotopic (exact) mass is 283 g/mol. The number of carbonyl (C=O) groups is 1. The molecule has 104 valence electrons. The molecule has 19 heavy (non-hydrogen) atoms. The fourth-order valence-corrected chi connectivity index (χ4v) is 2.07. The number of amides is 1. The number of hydrogen-bond donors (Lipinski definition) is 2. The maximum Gasteiger partial charge on any atom is 0.273 e. The molecule has 1 fully saturated rings. The second-order valence-electron chi connectivity index (χ2n) is 4.89. The van der Waals surface area contributed by atoms with Gasteiger partial charge in [0.2, 0.25) is 0 Å². The van der Waals surface area contributed by atoms with E-state index in [2.05, 4.69) is 21.9 Å². The molecule has 1 aliphatic carbocycles. The van der Waals surface area contributed by atoms with E-state index in [0.717, 1.165) is 38.1 Å². The van der Waals surface area contributed by atoms with Crippen LogP contribution in [0.1, 0.15) is 41.4 Å². The topological polar surface area (TPSA) is 67.2 Å². The van der Waals surface area contributed by atoms with E-state index in [1.807, 2.05) is 0 Å². The van der Waals surface area contributed by atoms with Crippen LogP contribution in [0.4, 0.5) is 0 Å². The summed E-state index contributed by atoms with van der Waals surface area (Å²) in [5, 5.41) is 9.95. The molecule has 2 aliphatic rings. The Balaban J connectivity index is 0.00000133. The van der Waals surface area contributed by atoms with Crippen molar-refractivity contribution in [3.05, 3.63) is 29.2 Å². The lowest BCUT2D eigenvalue weighted by Crippen LogP contribution is -2.29. The van der Waals surface area contributed by atoms with E-state index in [0.29, 0.717) is 18.2 Å². The van der Waals surface area contributed by atoms with Gasteiger partial charge >= 0.3 is 0 Å². The van der Waals surface area contributed by atoms with Crippen LogP contribution in [0.2, 0.25) is 0 Å². The zero-order chi connectivity index (χ0) is 12.4. The number of hydrogen-bond acceptors (Lipinski definition) is 4. The molecule has 5 nitrogen and oxygen atoms in total. The van der Waals surface area contributed by atoms with Crippen molar-refractivity contribution in [3.8, 4) is 0 Å². The van der Waals surface area contributed by atoms with Gasteiger partial charge in [0, 0.05) is 25.1 Å². The van der Waals surface area contributed by atoms with Gasteiger partial charge in [-0.15, -0.1) is 12.4 Å². The summed E-state index contributed by atoms with van der Waals surface area (Å²) >= 11 is 0. The van der Waals surface area contributed by atoms with E-state index in [4.69, 9.17) is 4.52 Å². The molecular weight excluding hydrogens is 266 g/mol. The summed E-state index contributed by atoms with van der Waals surface area (Å²) in [4.78, 5) is 11.9. The molecule has 1 amide bonds. The number of nitrogens with one attached hydrogen (secondary N) is 2. The summed E-state index contributed by atoms with van der Waals surface area (Å²) in [5.41, 5.74) is 1.67. The van der Waals surface area contributed by atoms with E-state index in [-0.39, 0.29) is 18.3 Å². The largest absolute Gasteiger partial charge is 0.360 e. The zero-order valence-electron chi connectivity index (χ0n) is 10.6. The highest BCUT2D eigenvalue weighted by molar-refractivity contribution is 5.92. The van der Waals surface area contributed by atoms with Crippen LogP contribution in [0.5, 0.6) is 0 Å². The third kappa shape index (κ3) is 3.58. The van der Waals surface area contributed by atoms with E-state index in [1.165, 1.54) is 5.57 Å². The van der Waals surface area contributed by atoms with Crippen molar-refractivity contribution in [3.63, 3.8) is 0 Å². The molecule has 0 atom stereocenters. The van der Waals surface area contributed by atoms with Gasteiger partial charge in [-0.1, -0.05) is 16.8 Å². The number of rotatable bonds is 4. The fourth-order valence-electron chi connectivity index (χ4n) is 2.07. The molecule has 1 aromatic rings. The van der Waals surface area contributed by atoms with Crippen LogP contribution in [-0.2, 0) is 0 Å². The molecule has 0 spiro atoms. The molecule has 0 bridgehead atoms. The highest BCUT2D eigenvalue weighted by Gasteiger charge is 2.28. The normalized spacial score (nSPS) is 18.4. The maximum atomic E-state index is 11.9. The van der Waals surface area contributed by atoms with E-state index in [9.17, 15) is 4.79 Å². The average molecular weight is 284 g/mol. The van der Waals surface area contributed by atoms with Crippen molar-refractivity contribution in [1.29, 1.82) is 0 Å². The van der Waals surface area contributed by atoms with Crippen molar-refractivity contribution < 1.29 is 9.32 Å². The Kier molecular flexibility index (Phi) is 4.61. The maximum absolute atomic E-state index is 11.9. The molecule has 2 N–H and O–H groups in total. The number of nitrogens with zero attached hydrogens (tertiary/aromatic N) is 1. The van der Waals surface area contributed by atoms with Crippen LogP contribution in [0, 0.1) is 0 Å². The SMILES string of the molecule is Cl.O=C(NCC1=CCNCC1)c1cc(C2CC2)on1. The summed E-state index contributed by atoms with van der Waals surface area (Å²) < 4.78 is 5.17. The lowest BCUT2D eigenvalue weighted by molar-refractivity contribution is 0.0947. The highest BCUT2D eigenvalue weighted by Crippen LogP contribution is 2.40. The van der Waals surface area contributed by atoms with Crippen LogP contribution >= 0.6 is 12.4 Å². The Bertz CT molecular complexity index is 480. The first-order valence-corrected chi connectivity index (χ1v) is 6.46. The van der Waals surface area contributed by atoms with Gasteiger partial charge in [0.25, 0.3) is 5.91 Å². The molecule has 1 aromatic heterocycles. The van der Waals surface area contributed by atoms with Gasteiger partial charge in [-0.05, 0) is 25.8 Å². The average Bonchev–Trinajstić information content (AvgIpc) is 3.15. The third-order valence-corrected chi connectivity index (χ3v) is 3.37. The first kappa shape index (κ1) is 14.1. The standard InChI is InChI=1S/C13H17N3O2.ClH/c17-13(15-8-9-3-5-14-6-4-9)11-7-12(18-16-11)10-1-2-10;/h3,7,10,14H,1-2,4-6,8H2,(H,15,17);1H. The summed E-state index contributed by atoms with van der Waals surface area (Å²) in [7, 11) is 0. The Morgan fingerprint density at radius 3 is 3.05 bits per heavy atom. The zero-order valence-corrected chi connectivity index (χ0v) is 11.5. The van der Waals surface area contributed by atoms with Gasteiger partial charge in [0.1, 0.15) is 5.76 Å². The summed E-state index contributed by atoms with van der Waals surface area (Å²) in [6.45, 7) is 2.48. The quantitative estimate of drug-likeness (QED) is 0.824. The minimum absolute atomic E-state index is 0. The first-order valence-electron chi connectivity index (χ1n) is 6.46. The molecular formula is C13H18ClN3O2. The fraction of sp³-hybridized carbons (Fsp3) is 0.538. The number of carbonyl (C=O) groups excluding carboxylic acids is 1. The Labute approximate surface area is 118 Å². The molecule has 0 unspecified atom stereocenters. The van der Waals surface area contributed by atoms with E-state index >= 15 is 0 Å². The van der Waals surface area contributed by atoms with Gasteiger partial charge in [0.15, 0.2) is 5.69 Å². The van der Waals surface area contributed by atoms with Crippen molar-refractivity contribution in [1.82, 2.24) is 15.8 Å². The molecule has 3 rings (SSSR count). The Hall–Kier alpha value is -1.33. The van der Waals surface area contributed by atoms with E-state index < -0.39 is 0 Å². The van der Waals surface area contributed by atoms with E-state index in [1.54, 1.807) is 6.07 Å². The third-order valence-electron chi connectivity index (χ3n) is 3.37. The lowest BCUT2D eigenvalue weighted by Gasteiger charge is -2.13. The van der Waals surface area contributed by atoms with Gasteiger partial charge in [-0.2, -0.15) is 0 Å². The van der Waals surface area contributed by atoms with Crippen molar-refractivity contribution in [2.45, 2.75) is 25.2 Å². The molecule has 0 aromatic carbocycles. The number of aromatic nitrogens is 1. The molecule has 0 radical (unpaired) electrons. The number of halogens is 1. The van der Waals surface area contributed by atoms with Gasteiger partial charge in [-0.25, -0.2) is 0 Å².